The third-order valence-corrected chi connectivity index (χ3v) is 8.82. The molecule has 0 radical (unpaired) electrons. The van der Waals surface area contributed by atoms with Crippen LogP contribution in [0.25, 0.3) is 32.3 Å². The van der Waals surface area contributed by atoms with Crippen molar-refractivity contribution in [2.75, 3.05) is 19.8 Å². The highest BCUT2D eigenvalue weighted by molar-refractivity contribution is 6.27. The van der Waals surface area contributed by atoms with Crippen molar-refractivity contribution >= 4 is 32.3 Å². The number of hydrogen-bond donors (Lipinski definition) is 2. The van der Waals surface area contributed by atoms with Crippen LogP contribution >= 0.6 is 0 Å². The van der Waals surface area contributed by atoms with E-state index in [1.807, 2.05) is 0 Å². The highest BCUT2D eigenvalue weighted by atomic mass is 16.5. The number of fused-ring (bicyclic) bond motifs is 6. The fourth-order valence-electron chi connectivity index (χ4n) is 6.43. The summed E-state index contributed by atoms with van der Waals surface area (Å²) >= 11 is 0. The fraction of sp³-hybridized carbons (Fsp3) is 0.538. The molecule has 0 aromatic heterocycles. The van der Waals surface area contributed by atoms with Crippen LogP contribution in [0.4, 0.5) is 0 Å². The Kier molecular flexibility index (Phi) is 13.9. The van der Waals surface area contributed by atoms with Gasteiger partial charge in [0.2, 0.25) is 0 Å². The summed E-state index contributed by atoms with van der Waals surface area (Å²) in [4.78, 5) is 0. The van der Waals surface area contributed by atoms with Crippen molar-refractivity contribution in [3.63, 3.8) is 0 Å². The van der Waals surface area contributed by atoms with Gasteiger partial charge < -0.3 is 14.9 Å². The molecule has 3 nitrogen and oxygen atoms in total. The van der Waals surface area contributed by atoms with Gasteiger partial charge in [-0.25, -0.2) is 0 Å². The second kappa shape index (κ2) is 18.1. The van der Waals surface area contributed by atoms with Crippen LogP contribution in [0.1, 0.15) is 114 Å². The average Bonchev–Trinajstić information content (AvgIpc) is 3.02. The van der Waals surface area contributed by atoms with Crippen LogP contribution in [0.5, 0.6) is 5.75 Å². The van der Waals surface area contributed by atoms with E-state index in [1.54, 1.807) is 0 Å². The van der Waals surface area contributed by atoms with Crippen LogP contribution in [0.3, 0.4) is 0 Å². The molecule has 2 N–H and O–H groups in total. The first-order chi connectivity index (χ1) is 20.8. The van der Waals surface area contributed by atoms with Gasteiger partial charge >= 0.3 is 0 Å². The molecular weight excluding hydrogens is 516 g/mol. The zero-order chi connectivity index (χ0) is 29.4. The number of aliphatic hydroxyl groups excluding tert-OH is 2. The summed E-state index contributed by atoms with van der Waals surface area (Å²) in [5.74, 6) is 1.10. The standard InChI is InChI=1S/C39H54O3/c1-2-3-18-29-42-39-32(20-13-9-5-7-11-17-28-41)24-26-36-34-25-23-31(19-12-8-4-6-10-16-27-40)30-37(34)33-21-14-15-22-35(33)38(36)39/h14-15,21-26,30,40-41H,2-13,16-20,27-29H2,1H3. The monoisotopic (exact) mass is 570 g/mol. The molecule has 0 aliphatic carbocycles. The first kappa shape index (κ1) is 32.3. The van der Waals surface area contributed by atoms with Gasteiger partial charge in [0.25, 0.3) is 0 Å². The van der Waals surface area contributed by atoms with E-state index in [0.717, 1.165) is 57.3 Å². The smallest absolute Gasteiger partial charge is 0.130 e. The van der Waals surface area contributed by atoms with Crippen LogP contribution in [0, 0.1) is 0 Å². The molecule has 0 heterocycles. The quantitative estimate of drug-likeness (QED) is 0.0774. The number of unbranched alkanes of at least 4 members (excludes halogenated alkanes) is 12. The van der Waals surface area contributed by atoms with Gasteiger partial charge in [-0.2, -0.15) is 0 Å². The molecule has 4 rings (SSSR count). The summed E-state index contributed by atoms with van der Waals surface area (Å²) < 4.78 is 6.70. The highest BCUT2D eigenvalue weighted by Gasteiger charge is 2.16. The second-order valence-corrected chi connectivity index (χ2v) is 12.1. The van der Waals surface area contributed by atoms with Gasteiger partial charge in [-0.15, -0.1) is 0 Å². The lowest BCUT2D eigenvalue weighted by Gasteiger charge is -2.19. The van der Waals surface area contributed by atoms with Crippen LogP contribution in [-0.4, -0.2) is 30.0 Å². The van der Waals surface area contributed by atoms with E-state index in [-0.39, 0.29) is 0 Å². The summed E-state index contributed by atoms with van der Waals surface area (Å²) in [5.41, 5.74) is 2.77. The van der Waals surface area contributed by atoms with E-state index >= 15 is 0 Å². The van der Waals surface area contributed by atoms with E-state index in [0.29, 0.717) is 13.2 Å². The van der Waals surface area contributed by atoms with Crippen molar-refractivity contribution in [2.45, 2.75) is 116 Å². The molecule has 4 aromatic carbocycles. The summed E-state index contributed by atoms with van der Waals surface area (Å²) in [6.07, 6.45) is 19.6. The van der Waals surface area contributed by atoms with Gasteiger partial charge in [0, 0.05) is 18.6 Å². The molecule has 0 fully saturated rings. The molecule has 0 spiro atoms. The molecule has 0 atom stereocenters. The van der Waals surface area contributed by atoms with E-state index < -0.39 is 0 Å². The predicted octanol–water partition coefficient (Wildman–Crippen LogP) is 10.5. The molecule has 0 amide bonds. The van der Waals surface area contributed by atoms with E-state index in [2.05, 4.69) is 61.5 Å². The number of hydrogen-bond acceptors (Lipinski definition) is 3. The Labute approximate surface area is 254 Å². The van der Waals surface area contributed by atoms with Gasteiger partial charge in [-0.3, -0.25) is 0 Å². The normalized spacial score (nSPS) is 11.7. The molecule has 228 valence electrons. The van der Waals surface area contributed by atoms with Crippen LogP contribution in [0.2, 0.25) is 0 Å². The van der Waals surface area contributed by atoms with E-state index in [1.165, 1.54) is 108 Å². The topological polar surface area (TPSA) is 49.7 Å². The third kappa shape index (κ3) is 8.94. The van der Waals surface area contributed by atoms with Gasteiger partial charge in [0.05, 0.1) is 6.61 Å². The Balaban J connectivity index is 1.62. The SMILES string of the molecule is CCCCCOc1c(CCCCCCCCO)ccc2c3ccc(CCCCCCCCO)cc3c3ccccc3c12. The fourth-order valence-corrected chi connectivity index (χ4v) is 6.43. The molecule has 0 saturated carbocycles. The third-order valence-electron chi connectivity index (χ3n) is 8.82. The number of ether oxygens (including phenoxy) is 1. The minimum atomic E-state index is 0.312. The number of rotatable bonds is 21. The maximum Gasteiger partial charge on any atom is 0.130 e. The molecule has 42 heavy (non-hydrogen) atoms. The summed E-state index contributed by atoms with van der Waals surface area (Å²) in [7, 11) is 0. The van der Waals surface area contributed by atoms with Crippen molar-refractivity contribution in [1.82, 2.24) is 0 Å². The van der Waals surface area contributed by atoms with Crippen LogP contribution in [-0.2, 0) is 12.8 Å². The lowest BCUT2D eigenvalue weighted by Crippen LogP contribution is -2.02. The Bertz CT molecular complexity index is 1340. The maximum atomic E-state index is 9.05. The Morgan fingerprint density at radius 1 is 0.524 bits per heavy atom. The largest absolute Gasteiger partial charge is 0.493 e. The molecule has 4 aromatic rings. The molecule has 3 heteroatoms. The lowest BCUT2D eigenvalue weighted by molar-refractivity contribution is 0.282. The zero-order valence-electron chi connectivity index (χ0n) is 26.1. The molecule has 0 saturated heterocycles. The minimum Gasteiger partial charge on any atom is -0.493 e. The molecule has 0 aliphatic rings. The Hall–Kier alpha value is -2.62. The summed E-state index contributed by atoms with van der Waals surface area (Å²) in [6, 6.07) is 20.8. The van der Waals surface area contributed by atoms with Gasteiger partial charge in [-0.05, 0) is 83.0 Å². The van der Waals surface area contributed by atoms with E-state index in [4.69, 9.17) is 14.9 Å². The zero-order valence-corrected chi connectivity index (χ0v) is 26.1. The summed E-state index contributed by atoms with van der Waals surface area (Å²) in [5, 5.41) is 25.9. The first-order valence-electron chi connectivity index (χ1n) is 17.0. The lowest BCUT2D eigenvalue weighted by atomic mass is 9.90. The van der Waals surface area contributed by atoms with Crippen LogP contribution in [0.15, 0.2) is 54.6 Å². The van der Waals surface area contributed by atoms with Gasteiger partial charge in [0.15, 0.2) is 0 Å². The van der Waals surface area contributed by atoms with Crippen molar-refractivity contribution < 1.29 is 14.9 Å². The highest BCUT2D eigenvalue weighted by Crippen LogP contribution is 2.42. The molecule has 0 aliphatic heterocycles. The van der Waals surface area contributed by atoms with Gasteiger partial charge in [-0.1, -0.05) is 126 Å². The second-order valence-electron chi connectivity index (χ2n) is 12.1. The van der Waals surface area contributed by atoms with Crippen LogP contribution < -0.4 is 4.74 Å². The average molecular weight is 571 g/mol. The van der Waals surface area contributed by atoms with E-state index in [9.17, 15) is 0 Å². The van der Waals surface area contributed by atoms with Crippen molar-refractivity contribution in [1.29, 1.82) is 0 Å². The number of benzene rings is 4. The van der Waals surface area contributed by atoms with Gasteiger partial charge in [0.1, 0.15) is 5.75 Å². The summed E-state index contributed by atoms with van der Waals surface area (Å²) in [6.45, 7) is 3.65. The Morgan fingerprint density at radius 3 is 1.79 bits per heavy atom. The number of aryl methyl sites for hydroxylation is 2. The molecule has 0 unspecified atom stereocenters. The number of aliphatic hydroxyl groups is 2. The van der Waals surface area contributed by atoms with Crippen molar-refractivity contribution in [3.8, 4) is 5.75 Å². The van der Waals surface area contributed by atoms with Crippen molar-refractivity contribution in [2.24, 2.45) is 0 Å². The van der Waals surface area contributed by atoms with Crippen molar-refractivity contribution in [3.05, 3.63) is 65.7 Å². The molecular formula is C39H54O3. The first-order valence-corrected chi connectivity index (χ1v) is 17.0. The minimum absolute atomic E-state index is 0.312. The predicted molar refractivity (Wildman–Crippen MR) is 181 cm³/mol. The maximum absolute atomic E-state index is 9.05. The molecule has 0 bridgehead atoms. The Morgan fingerprint density at radius 2 is 1.10 bits per heavy atom.